The molecule has 0 unspecified atom stereocenters. The number of benzene rings is 1. The average molecular weight is 254 g/mol. The molecule has 0 fully saturated rings. The van der Waals surface area contributed by atoms with Gasteiger partial charge in [-0.05, 0) is 17.7 Å². The Balaban J connectivity index is 2.18. The lowest BCUT2D eigenvalue weighted by Crippen LogP contribution is -1.87. The van der Waals surface area contributed by atoms with E-state index in [0.29, 0.717) is 12.3 Å². The molecule has 2 aromatic rings. The van der Waals surface area contributed by atoms with Gasteiger partial charge in [0.1, 0.15) is 0 Å². The van der Waals surface area contributed by atoms with Crippen molar-refractivity contribution < 1.29 is 4.42 Å². The average Bonchev–Trinajstić information content (AvgIpc) is 2.51. The van der Waals surface area contributed by atoms with Gasteiger partial charge in [-0.15, -0.1) is 5.10 Å². The maximum atomic E-state index is 5.31. The van der Waals surface area contributed by atoms with Crippen LogP contribution in [0.1, 0.15) is 11.5 Å². The predicted octanol–water partition coefficient (Wildman–Crippen LogP) is 2.01. The molecule has 2 rings (SSSR count). The van der Waals surface area contributed by atoms with E-state index in [4.69, 9.17) is 10.2 Å². The summed E-state index contributed by atoms with van der Waals surface area (Å²) in [5.74, 6) is 0.528. The highest BCUT2D eigenvalue weighted by Gasteiger charge is 2.03. The van der Waals surface area contributed by atoms with E-state index in [0.717, 1.165) is 10.0 Å². The number of hydrogen-bond donors (Lipinski definition) is 1. The second-order valence-electron chi connectivity index (χ2n) is 2.84. The van der Waals surface area contributed by atoms with Crippen molar-refractivity contribution in [2.45, 2.75) is 6.42 Å². The number of rotatable bonds is 2. The summed E-state index contributed by atoms with van der Waals surface area (Å²) < 4.78 is 6.10. The van der Waals surface area contributed by atoms with Crippen molar-refractivity contribution in [3.05, 3.63) is 40.2 Å². The van der Waals surface area contributed by atoms with Crippen molar-refractivity contribution in [1.82, 2.24) is 10.2 Å². The summed E-state index contributed by atoms with van der Waals surface area (Å²) in [6, 6.07) is 8.02. The molecule has 1 aromatic carbocycles. The molecule has 0 aliphatic carbocycles. The van der Waals surface area contributed by atoms with Crippen molar-refractivity contribution in [1.29, 1.82) is 0 Å². The number of hydrogen-bond acceptors (Lipinski definition) is 4. The molecule has 0 aliphatic heterocycles. The van der Waals surface area contributed by atoms with Crippen LogP contribution in [0, 0.1) is 0 Å². The van der Waals surface area contributed by atoms with Crippen LogP contribution in [0.5, 0.6) is 0 Å². The van der Waals surface area contributed by atoms with Crippen LogP contribution in [0.3, 0.4) is 0 Å². The molecule has 0 radical (unpaired) electrons. The number of aromatic nitrogens is 2. The number of halogens is 1. The van der Waals surface area contributed by atoms with Gasteiger partial charge in [0.2, 0.25) is 5.89 Å². The first-order valence-corrected chi connectivity index (χ1v) is 4.85. The maximum absolute atomic E-state index is 5.31. The molecule has 0 bridgehead atoms. The maximum Gasteiger partial charge on any atom is 0.312 e. The fourth-order valence-electron chi connectivity index (χ4n) is 1.16. The molecule has 2 N–H and O–H groups in total. The smallest absolute Gasteiger partial charge is 0.312 e. The predicted molar refractivity (Wildman–Crippen MR) is 55.7 cm³/mol. The van der Waals surface area contributed by atoms with Crippen LogP contribution in [0.25, 0.3) is 0 Å². The second-order valence-corrected chi connectivity index (χ2v) is 3.76. The van der Waals surface area contributed by atoms with E-state index in [2.05, 4.69) is 26.1 Å². The first-order valence-electron chi connectivity index (χ1n) is 4.06. The molecule has 0 atom stereocenters. The summed E-state index contributed by atoms with van der Waals surface area (Å²) in [6.45, 7) is 0. The highest BCUT2D eigenvalue weighted by molar-refractivity contribution is 9.10. The Morgan fingerprint density at radius 3 is 2.86 bits per heavy atom. The largest absolute Gasteiger partial charge is 0.408 e. The molecule has 4 nitrogen and oxygen atoms in total. The fraction of sp³-hybridized carbons (Fsp3) is 0.111. The van der Waals surface area contributed by atoms with Gasteiger partial charge in [0, 0.05) is 4.47 Å². The lowest BCUT2D eigenvalue weighted by Gasteiger charge is -1.96. The molecule has 72 valence electrons. The summed E-state index contributed by atoms with van der Waals surface area (Å²) in [7, 11) is 0. The first kappa shape index (κ1) is 9.21. The van der Waals surface area contributed by atoms with Gasteiger partial charge in [0.05, 0.1) is 6.42 Å². The third kappa shape index (κ3) is 2.11. The van der Waals surface area contributed by atoms with Gasteiger partial charge in [0.15, 0.2) is 0 Å². The highest BCUT2D eigenvalue weighted by atomic mass is 79.9. The van der Waals surface area contributed by atoms with Crippen LogP contribution in [0.4, 0.5) is 6.01 Å². The third-order valence-corrected chi connectivity index (χ3v) is 2.22. The van der Waals surface area contributed by atoms with Crippen molar-refractivity contribution >= 4 is 21.9 Å². The molecule has 0 amide bonds. The second kappa shape index (κ2) is 3.79. The monoisotopic (exact) mass is 253 g/mol. The van der Waals surface area contributed by atoms with Gasteiger partial charge in [-0.1, -0.05) is 33.2 Å². The number of anilines is 1. The Bertz CT molecular complexity index is 441. The fourth-order valence-corrected chi connectivity index (χ4v) is 1.61. The number of nitrogen functional groups attached to an aromatic ring is 1. The highest BCUT2D eigenvalue weighted by Crippen LogP contribution is 2.14. The molecule has 0 saturated carbocycles. The van der Waals surface area contributed by atoms with E-state index < -0.39 is 0 Å². The van der Waals surface area contributed by atoms with E-state index in [1.54, 1.807) is 0 Å². The van der Waals surface area contributed by atoms with E-state index in [1.807, 2.05) is 24.3 Å². The minimum Gasteiger partial charge on any atom is -0.408 e. The van der Waals surface area contributed by atoms with Gasteiger partial charge in [-0.2, -0.15) is 0 Å². The zero-order valence-electron chi connectivity index (χ0n) is 7.27. The van der Waals surface area contributed by atoms with Crippen LogP contribution < -0.4 is 5.73 Å². The molecule has 1 aromatic heterocycles. The zero-order chi connectivity index (χ0) is 9.97. The van der Waals surface area contributed by atoms with E-state index in [9.17, 15) is 0 Å². The minimum atomic E-state index is 0.106. The van der Waals surface area contributed by atoms with Crippen LogP contribution in [0.2, 0.25) is 0 Å². The Morgan fingerprint density at radius 2 is 2.21 bits per heavy atom. The normalized spacial score (nSPS) is 10.4. The quantitative estimate of drug-likeness (QED) is 0.890. The van der Waals surface area contributed by atoms with Crippen molar-refractivity contribution in [2.24, 2.45) is 0 Å². The van der Waals surface area contributed by atoms with E-state index in [-0.39, 0.29) is 6.01 Å². The van der Waals surface area contributed by atoms with Gasteiger partial charge >= 0.3 is 6.01 Å². The SMILES string of the molecule is Nc1nnc(Cc2cccc(Br)c2)o1. The van der Waals surface area contributed by atoms with E-state index >= 15 is 0 Å². The Kier molecular flexibility index (Phi) is 2.49. The zero-order valence-corrected chi connectivity index (χ0v) is 8.86. The molecule has 14 heavy (non-hydrogen) atoms. The van der Waals surface area contributed by atoms with Gasteiger partial charge in [-0.25, -0.2) is 0 Å². The Morgan fingerprint density at radius 1 is 1.36 bits per heavy atom. The summed E-state index contributed by atoms with van der Waals surface area (Å²) in [5, 5.41) is 7.37. The van der Waals surface area contributed by atoms with Crippen LogP contribution in [-0.2, 0) is 6.42 Å². The van der Waals surface area contributed by atoms with Crippen molar-refractivity contribution in [3.63, 3.8) is 0 Å². The summed E-state index contributed by atoms with van der Waals surface area (Å²) in [5.41, 5.74) is 6.41. The number of nitrogens with two attached hydrogens (primary N) is 1. The Hall–Kier alpha value is -1.36. The lowest BCUT2D eigenvalue weighted by molar-refractivity contribution is 0.522. The topological polar surface area (TPSA) is 64.9 Å². The minimum absolute atomic E-state index is 0.106. The first-order chi connectivity index (χ1) is 6.74. The molecule has 1 heterocycles. The van der Waals surface area contributed by atoms with Gasteiger partial charge < -0.3 is 10.2 Å². The molecular formula is C9H8BrN3O. The lowest BCUT2D eigenvalue weighted by atomic mass is 10.1. The number of nitrogens with zero attached hydrogens (tertiary/aromatic N) is 2. The standard InChI is InChI=1S/C9H8BrN3O/c10-7-3-1-2-6(4-7)5-8-12-13-9(11)14-8/h1-4H,5H2,(H2,11,13). The van der Waals surface area contributed by atoms with Crippen molar-refractivity contribution in [3.8, 4) is 0 Å². The Labute approximate surface area is 89.3 Å². The van der Waals surface area contributed by atoms with Crippen LogP contribution >= 0.6 is 15.9 Å². The molecule has 0 aliphatic rings. The van der Waals surface area contributed by atoms with Crippen LogP contribution in [0.15, 0.2) is 33.2 Å². The molecule has 0 saturated heterocycles. The summed E-state index contributed by atoms with van der Waals surface area (Å²) in [6.07, 6.45) is 0.601. The van der Waals surface area contributed by atoms with Crippen LogP contribution in [-0.4, -0.2) is 10.2 Å². The molecule has 5 heteroatoms. The summed E-state index contributed by atoms with van der Waals surface area (Å²) in [4.78, 5) is 0. The summed E-state index contributed by atoms with van der Waals surface area (Å²) >= 11 is 3.39. The molecule has 0 spiro atoms. The third-order valence-electron chi connectivity index (χ3n) is 1.73. The van der Waals surface area contributed by atoms with E-state index in [1.165, 1.54) is 0 Å². The molecular weight excluding hydrogens is 246 g/mol. The van der Waals surface area contributed by atoms with Gasteiger partial charge in [0.25, 0.3) is 0 Å². The van der Waals surface area contributed by atoms with Gasteiger partial charge in [-0.3, -0.25) is 0 Å². The van der Waals surface area contributed by atoms with Crippen molar-refractivity contribution in [2.75, 3.05) is 5.73 Å².